The lowest BCUT2D eigenvalue weighted by molar-refractivity contribution is -0.150. The van der Waals surface area contributed by atoms with Gasteiger partial charge < -0.3 is 10.2 Å². The molecule has 2 aliphatic heterocycles. The van der Waals surface area contributed by atoms with Crippen molar-refractivity contribution in [3.8, 4) is 5.75 Å². The second-order valence-electron chi connectivity index (χ2n) is 8.12. The van der Waals surface area contributed by atoms with Crippen LogP contribution < -0.4 is 10.2 Å². The Morgan fingerprint density at radius 1 is 1.07 bits per heavy atom. The van der Waals surface area contributed by atoms with Crippen molar-refractivity contribution in [3.05, 3.63) is 69.8 Å². The third-order valence-corrected chi connectivity index (χ3v) is 6.43. The number of rotatable bonds is 1. The van der Waals surface area contributed by atoms with Gasteiger partial charge in [-0.1, -0.05) is 35.7 Å². The fraction of sp³-hybridized carbons (Fsp3) is 0.391. The van der Waals surface area contributed by atoms with Crippen molar-refractivity contribution >= 4 is 17.3 Å². The van der Waals surface area contributed by atoms with Crippen LogP contribution in [0.25, 0.3) is 5.70 Å². The highest BCUT2D eigenvalue weighted by Crippen LogP contribution is 2.50. The van der Waals surface area contributed by atoms with E-state index >= 15 is 0 Å². The molecule has 1 aliphatic carbocycles. The predicted molar refractivity (Wildman–Crippen MR) is 110 cm³/mol. The Hall–Kier alpha value is -1.97. The average molecular weight is 381 g/mol. The van der Waals surface area contributed by atoms with Crippen molar-refractivity contribution in [1.29, 1.82) is 0 Å². The molecular formula is C23H25ClN2O. The molecule has 2 aromatic carbocycles. The summed E-state index contributed by atoms with van der Waals surface area (Å²) in [5.74, 6) is 0.975. The second-order valence-corrected chi connectivity index (χ2v) is 8.55. The van der Waals surface area contributed by atoms with Crippen molar-refractivity contribution in [3.63, 3.8) is 0 Å². The van der Waals surface area contributed by atoms with Crippen LogP contribution in [0, 0.1) is 13.8 Å². The van der Waals surface area contributed by atoms with E-state index in [2.05, 4.69) is 54.6 Å². The number of nitrogens with zero attached hydrogens (tertiary/aromatic N) is 1. The first-order valence-corrected chi connectivity index (χ1v) is 10.3. The lowest BCUT2D eigenvalue weighted by Crippen LogP contribution is -2.60. The molecule has 0 aromatic heterocycles. The minimum Gasteiger partial charge on any atom is -0.471 e. The molecule has 0 bridgehead atoms. The first kappa shape index (κ1) is 17.2. The number of hydrazine groups is 1. The van der Waals surface area contributed by atoms with Crippen LogP contribution in [0.2, 0.25) is 5.02 Å². The lowest BCUT2D eigenvalue weighted by Gasteiger charge is -2.50. The number of nitrogens with one attached hydrogen (secondary N) is 1. The van der Waals surface area contributed by atoms with Gasteiger partial charge in [0.15, 0.2) is 5.72 Å². The van der Waals surface area contributed by atoms with Crippen molar-refractivity contribution < 1.29 is 4.74 Å². The third-order valence-electron chi connectivity index (χ3n) is 6.19. The van der Waals surface area contributed by atoms with Crippen LogP contribution in [-0.2, 0) is 0 Å². The minimum atomic E-state index is -0.278. The highest BCUT2D eigenvalue weighted by Gasteiger charge is 2.50. The fourth-order valence-electron chi connectivity index (χ4n) is 4.77. The number of benzene rings is 2. The fourth-order valence-corrected chi connectivity index (χ4v) is 4.95. The first-order chi connectivity index (χ1) is 13.1. The van der Waals surface area contributed by atoms with Gasteiger partial charge in [0.2, 0.25) is 0 Å². The van der Waals surface area contributed by atoms with Gasteiger partial charge >= 0.3 is 0 Å². The summed E-state index contributed by atoms with van der Waals surface area (Å²) >= 11 is 6.33. The van der Waals surface area contributed by atoms with E-state index < -0.39 is 0 Å². The largest absolute Gasteiger partial charge is 0.471 e. The smallest absolute Gasteiger partial charge is 0.180 e. The molecular weight excluding hydrogens is 356 g/mol. The maximum absolute atomic E-state index is 6.64. The van der Waals surface area contributed by atoms with E-state index in [0.717, 1.165) is 29.2 Å². The SMILES string of the molecule is Cc1ccc(C)c(C2=C[C@@H]3c4cc(Cl)ccc4OC4(CCCCC4)N3N2)c1. The van der Waals surface area contributed by atoms with Gasteiger partial charge in [0.05, 0.1) is 11.7 Å². The van der Waals surface area contributed by atoms with Crippen molar-refractivity contribution in [2.24, 2.45) is 0 Å². The van der Waals surface area contributed by atoms with E-state index in [1.165, 1.54) is 41.6 Å². The quantitative estimate of drug-likeness (QED) is 0.665. The van der Waals surface area contributed by atoms with Crippen LogP contribution in [0.3, 0.4) is 0 Å². The van der Waals surface area contributed by atoms with E-state index in [1.807, 2.05) is 12.1 Å². The molecule has 2 aromatic rings. The molecule has 1 fully saturated rings. The molecule has 3 nitrogen and oxygen atoms in total. The van der Waals surface area contributed by atoms with Crippen LogP contribution in [0.4, 0.5) is 0 Å². The Morgan fingerprint density at radius 2 is 1.89 bits per heavy atom. The van der Waals surface area contributed by atoms with E-state index in [0.29, 0.717) is 0 Å². The van der Waals surface area contributed by atoms with E-state index in [4.69, 9.17) is 16.3 Å². The second kappa shape index (κ2) is 6.29. The van der Waals surface area contributed by atoms with E-state index in [9.17, 15) is 0 Å². The minimum absolute atomic E-state index is 0.139. The van der Waals surface area contributed by atoms with E-state index in [-0.39, 0.29) is 11.8 Å². The summed E-state index contributed by atoms with van der Waals surface area (Å²) in [7, 11) is 0. The van der Waals surface area contributed by atoms with Crippen molar-refractivity contribution in [2.75, 3.05) is 0 Å². The van der Waals surface area contributed by atoms with Gasteiger partial charge in [-0.3, -0.25) is 0 Å². The average Bonchev–Trinajstić information content (AvgIpc) is 3.12. The summed E-state index contributed by atoms with van der Waals surface area (Å²) < 4.78 is 6.64. The lowest BCUT2D eigenvalue weighted by atomic mass is 9.87. The molecule has 0 radical (unpaired) electrons. The molecule has 4 heteroatoms. The first-order valence-electron chi connectivity index (χ1n) is 9.90. The summed E-state index contributed by atoms with van der Waals surface area (Å²) in [6, 6.07) is 12.8. The van der Waals surface area contributed by atoms with Gasteiger partial charge in [-0.05, 0) is 62.6 Å². The van der Waals surface area contributed by atoms with E-state index in [1.54, 1.807) is 0 Å². The normalized spacial score (nSPS) is 23.2. The van der Waals surface area contributed by atoms with Gasteiger partial charge in [0.25, 0.3) is 0 Å². The standard InChI is InChI=1S/C23H25ClN2O/c1-15-6-7-16(2)18(12-15)20-14-21-19-13-17(24)8-9-22(19)27-23(26(21)25-20)10-4-3-5-11-23/h6-9,12-14,21,25H,3-5,10-11H2,1-2H3/t21-/m1/s1. The highest BCUT2D eigenvalue weighted by molar-refractivity contribution is 6.30. The van der Waals surface area contributed by atoms with Crippen LogP contribution in [0.5, 0.6) is 5.75 Å². The number of hydrogen-bond donors (Lipinski definition) is 1. The number of hydrogen-bond acceptors (Lipinski definition) is 3. The van der Waals surface area contributed by atoms with Crippen LogP contribution in [0.15, 0.2) is 42.5 Å². The van der Waals surface area contributed by atoms with Crippen LogP contribution in [0.1, 0.15) is 60.4 Å². The monoisotopic (exact) mass is 380 g/mol. The molecule has 5 rings (SSSR count). The molecule has 140 valence electrons. The van der Waals surface area contributed by atoms with Crippen LogP contribution >= 0.6 is 11.6 Å². The molecule has 3 aliphatic rings. The molecule has 0 unspecified atom stereocenters. The number of ether oxygens (including phenoxy) is 1. The summed E-state index contributed by atoms with van der Waals surface area (Å²) in [5, 5.41) is 3.10. The number of aryl methyl sites for hydroxylation is 2. The summed E-state index contributed by atoms with van der Waals surface area (Å²) in [6.45, 7) is 4.32. The summed E-state index contributed by atoms with van der Waals surface area (Å²) in [6.07, 6.45) is 8.13. The highest BCUT2D eigenvalue weighted by atomic mass is 35.5. The summed E-state index contributed by atoms with van der Waals surface area (Å²) in [5.41, 5.74) is 9.58. The van der Waals surface area contributed by atoms with Crippen LogP contribution in [-0.4, -0.2) is 10.7 Å². The molecule has 1 spiro atoms. The molecule has 0 amide bonds. The Kier molecular flexibility index (Phi) is 3.99. The Balaban J connectivity index is 1.63. The number of fused-ring (bicyclic) bond motifs is 4. The zero-order chi connectivity index (χ0) is 18.6. The van der Waals surface area contributed by atoms with Gasteiger partial charge in [-0.25, -0.2) is 0 Å². The Bertz CT molecular complexity index is 930. The maximum atomic E-state index is 6.64. The van der Waals surface area contributed by atoms with Gasteiger partial charge in [-0.15, -0.1) is 0 Å². The number of halogens is 1. The Morgan fingerprint density at radius 3 is 2.70 bits per heavy atom. The third kappa shape index (κ3) is 2.76. The van der Waals surface area contributed by atoms with Gasteiger partial charge in [-0.2, -0.15) is 5.01 Å². The van der Waals surface area contributed by atoms with Crippen molar-refractivity contribution in [1.82, 2.24) is 10.4 Å². The molecule has 1 saturated carbocycles. The maximum Gasteiger partial charge on any atom is 0.180 e. The zero-order valence-electron chi connectivity index (χ0n) is 15.9. The zero-order valence-corrected chi connectivity index (χ0v) is 16.6. The molecule has 27 heavy (non-hydrogen) atoms. The predicted octanol–water partition coefficient (Wildman–Crippen LogP) is 5.91. The van der Waals surface area contributed by atoms with Gasteiger partial charge in [0.1, 0.15) is 5.75 Å². The molecule has 1 atom stereocenters. The summed E-state index contributed by atoms with van der Waals surface area (Å²) in [4.78, 5) is 0. The molecule has 0 saturated heterocycles. The Labute approximate surface area is 165 Å². The molecule has 1 N–H and O–H groups in total. The molecule has 2 heterocycles. The van der Waals surface area contributed by atoms with Crippen molar-refractivity contribution in [2.45, 2.75) is 57.7 Å². The van der Waals surface area contributed by atoms with Gasteiger partial charge in [0, 0.05) is 29.0 Å². The topological polar surface area (TPSA) is 24.5 Å².